The lowest BCUT2D eigenvalue weighted by Gasteiger charge is -2.05. The third-order valence-electron chi connectivity index (χ3n) is 3.68. The van der Waals surface area contributed by atoms with Gasteiger partial charge in [0.15, 0.2) is 11.6 Å². The van der Waals surface area contributed by atoms with Gasteiger partial charge in [-0.3, -0.25) is 9.59 Å². The second-order valence-corrected chi connectivity index (χ2v) is 5.70. The van der Waals surface area contributed by atoms with E-state index in [4.69, 9.17) is 4.74 Å². The lowest BCUT2D eigenvalue weighted by atomic mass is 10.1. The first-order valence-electron chi connectivity index (χ1n) is 8.41. The van der Waals surface area contributed by atoms with E-state index in [1.165, 1.54) is 13.0 Å². The van der Waals surface area contributed by atoms with Gasteiger partial charge < -0.3 is 10.1 Å². The monoisotopic (exact) mass is 337 g/mol. The molecule has 0 fully saturated rings. The first kappa shape index (κ1) is 18.5. The Morgan fingerprint density at radius 2 is 1.64 bits per heavy atom. The van der Waals surface area contributed by atoms with Crippen LogP contribution < -0.4 is 10.1 Å². The normalized spacial score (nSPS) is 10.6. The Hall–Kier alpha value is -2.88. The number of ketones is 2. The van der Waals surface area contributed by atoms with Gasteiger partial charge in [-0.2, -0.15) is 0 Å². The van der Waals surface area contributed by atoms with Crippen LogP contribution in [-0.2, 0) is 0 Å². The van der Waals surface area contributed by atoms with Crippen molar-refractivity contribution in [2.75, 3.05) is 11.9 Å². The Bertz CT molecular complexity index is 731. The maximum atomic E-state index is 12.1. The molecule has 0 spiro atoms. The first-order valence-corrected chi connectivity index (χ1v) is 8.41. The number of nitrogens with one attached hydrogen (secondary N) is 1. The van der Waals surface area contributed by atoms with E-state index in [2.05, 4.69) is 12.2 Å². The zero-order valence-corrected chi connectivity index (χ0v) is 14.6. The van der Waals surface area contributed by atoms with Gasteiger partial charge in [0.2, 0.25) is 0 Å². The molecule has 130 valence electrons. The highest BCUT2D eigenvalue weighted by Crippen LogP contribution is 2.14. The zero-order valence-electron chi connectivity index (χ0n) is 14.6. The van der Waals surface area contributed by atoms with Gasteiger partial charge in [0.1, 0.15) is 5.75 Å². The van der Waals surface area contributed by atoms with Crippen LogP contribution in [0.25, 0.3) is 0 Å². The van der Waals surface area contributed by atoms with E-state index < -0.39 is 0 Å². The second-order valence-electron chi connectivity index (χ2n) is 5.70. The summed E-state index contributed by atoms with van der Waals surface area (Å²) >= 11 is 0. The Labute approximate surface area is 148 Å². The van der Waals surface area contributed by atoms with E-state index in [0.717, 1.165) is 24.3 Å². The maximum absolute atomic E-state index is 12.1. The molecule has 2 rings (SSSR count). The van der Waals surface area contributed by atoms with E-state index in [9.17, 15) is 9.59 Å². The highest BCUT2D eigenvalue weighted by atomic mass is 16.5. The van der Waals surface area contributed by atoms with E-state index in [1.54, 1.807) is 42.6 Å². The van der Waals surface area contributed by atoms with Gasteiger partial charge >= 0.3 is 0 Å². The van der Waals surface area contributed by atoms with Gasteiger partial charge in [-0.05, 0) is 61.9 Å². The van der Waals surface area contributed by atoms with Crippen LogP contribution in [0.1, 0.15) is 47.4 Å². The highest BCUT2D eigenvalue weighted by molar-refractivity contribution is 6.04. The third-order valence-corrected chi connectivity index (χ3v) is 3.68. The van der Waals surface area contributed by atoms with Crippen LogP contribution in [0.4, 0.5) is 5.69 Å². The number of hydrogen-bond donors (Lipinski definition) is 1. The van der Waals surface area contributed by atoms with Gasteiger partial charge in [0, 0.05) is 29.1 Å². The minimum absolute atomic E-state index is 0.0272. The number of carbonyl (C=O) groups is 2. The van der Waals surface area contributed by atoms with Crippen LogP contribution in [0.3, 0.4) is 0 Å². The average molecular weight is 337 g/mol. The van der Waals surface area contributed by atoms with Crippen LogP contribution in [0.2, 0.25) is 0 Å². The molecule has 0 aliphatic rings. The van der Waals surface area contributed by atoms with Gasteiger partial charge in [-0.15, -0.1) is 0 Å². The molecular formula is C21H23NO3. The summed E-state index contributed by atoms with van der Waals surface area (Å²) in [7, 11) is 0. The Morgan fingerprint density at radius 1 is 1.00 bits per heavy atom. The predicted molar refractivity (Wildman–Crippen MR) is 100 cm³/mol. The minimum atomic E-state index is -0.0898. The number of unbranched alkanes of at least 4 members (excludes halogenated alkanes) is 1. The number of rotatable bonds is 9. The fourth-order valence-electron chi connectivity index (χ4n) is 2.16. The topological polar surface area (TPSA) is 55.4 Å². The molecule has 4 nitrogen and oxygen atoms in total. The van der Waals surface area contributed by atoms with Crippen molar-refractivity contribution in [3.05, 3.63) is 71.9 Å². The molecule has 0 amide bonds. The maximum Gasteiger partial charge on any atom is 0.187 e. The Balaban J connectivity index is 1.88. The van der Waals surface area contributed by atoms with Crippen LogP contribution in [-0.4, -0.2) is 18.2 Å². The summed E-state index contributed by atoms with van der Waals surface area (Å²) in [4.78, 5) is 23.4. The van der Waals surface area contributed by atoms with Crippen molar-refractivity contribution in [1.29, 1.82) is 0 Å². The molecule has 0 aromatic heterocycles. The van der Waals surface area contributed by atoms with Crippen LogP contribution >= 0.6 is 0 Å². The number of carbonyl (C=O) groups excluding carboxylic acids is 2. The Kier molecular flexibility index (Phi) is 6.96. The number of ether oxygens (including phenoxy) is 1. The SMILES string of the molecule is CCCCOc1ccc(C(=O)C=CNc2ccc(C(C)=O)cc2)cc1. The molecule has 0 aliphatic carbocycles. The third kappa shape index (κ3) is 5.92. The molecule has 2 aromatic carbocycles. The van der Waals surface area contributed by atoms with Gasteiger partial charge in [-0.1, -0.05) is 13.3 Å². The molecule has 0 atom stereocenters. The molecule has 0 radical (unpaired) electrons. The van der Waals surface area contributed by atoms with E-state index in [1.807, 2.05) is 12.1 Å². The van der Waals surface area contributed by atoms with E-state index >= 15 is 0 Å². The summed E-state index contributed by atoms with van der Waals surface area (Å²) in [5.41, 5.74) is 2.08. The van der Waals surface area contributed by atoms with Gasteiger partial charge in [0.25, 0.3) is 0 Å². The molecule has 25 heavy (non-hydrogen) atoms. The van der Waals surface area contributed by atoms with E-state index in [0.29, 0.717) is 17.7 Å². The summed E-state index contributed by atoms with van der Waals surface area (Å²) in [6.07, 6.45) is 5.18. The quantitative estimate of drug-likeness (QED) is 0.403. The lowest BCUT2D eigenvalue weighted by molar-refractivity contribution is 0.101. The number of anilines is 1. The van der Waals surface area contributed by atoms with Crippen LogP contribution in [0, 0.1) is 0 Å². The van der Waals surface area contributed by atoms with E-state index in [-0.39, 0.29) is 11.6 Å². The van der Waals surface area contributed by atoms with Crippen molar-refractivity contribution in [3.8, 4) is 5.75 Å². The fraction of sp³-hybridized carbons (Fsp3) is 0.238. The summed E-state index contributed by atoms with van der Waals surface area (Å²) in [5.74, 6) is 0.713. The molecule has 2 aromatic rings. The standard InChI is InChI=1S/C21H23NO3/c1-3-4-15-25-20-11-7-18(8-12-20)21(24)13-14-22-19-9-5-17(6-10-19)16(2)23/h5-14,22H,3-4,15H2,1-2H3. The number of benzene rings is 2. The van der Waals surface area contributed by atoms with Crippen molar-refractivity contribution in [3.63, 3.8) is 0 Å². The fourth-order valence-corrected chi connectivity index (χ4v) is 2.16. The second kappa shape index (κ2) is 9.42. The van der Waals surface area contributed by atoms with Gasteiger partial charge in [0.05, 0.1) is 6.61 Å². The summed E-state index contributed by atoms with van der Waals surface area (Å²) in [6.45, 7) is 4.33. The highest BCUT2D eigenvalue weighted by Gasteiger charge is 2.02. The predicted octanol–water partition coefficient (Wildman–Crippen LogP) is 4.88. The lowest BCUT2D eigenvalue weighted by Crippen LogP contribution is -1.99. The van der Waals surface area contributed by atoms with Crippen molar-refractivity contribution in [1.82, 2.24) is 0 Å². The average Bonchev–Trinajstić information content (AvgIpc) is 2.63. The Morgan fingerprint density at radius 3 is 2.24 bits per heavy atom. The smallest absolute Gasteiger partial charge is 0.187 e. The number of Topliss-reactive ketones (excluding diaryl/α,β-unsaturated/α-hetero) is 1. The molecule has 0 saturated heterocycles. The summed E-state index contributed by atoms with van der Waals surface area (Å²) in [6, 6.07) is 14.2. The van der Waals surface area contributed by atoms with Crippen molar-refractivity contribution in [2.24, 2.45) is 0 Å². The molecule has 0 saturated carbocycles. The molecule has 4 heteroatoms. The largest absolute Gasteiger partial charge is 0.494 e. The molecule has 0 aliphatic heterocycles. The summed E-state index contributed by atoms with van der Waals surface area (Å²) < 4.78 is 5.58. The molecule has 1 N–H and O–H groups in total. The summed E-state index contributed by atoms with van der Waals surface area (Å²) in [5, 5.41) is 3.02. The molecule has 0 bridgehead atoms. The minimum Gasteiger partial charge on any atom is -0.494 e. The van der Waals surface area contributed by atoms with Crippen LogP contribution in [0.5, 0.6) is 5.75 Å². The number of hydrogen-bond acceptors (Lipinski definition) is 4. The van der Waals surface area contributed by atoms with Crippen molar-refractivity contribution in [2.45, 2.75) is 26.7 Å². The number of allylic oxidation sites excluding steroid dienone is 1. The molecule has 0 unspecified atom stereocenters. The van der Waals surface area contributed by atoms with Gasteiger partial charge in [-0.25, -0.2) is 0 Å². The van der Waals surface area contributed by atoms with Crippen molar-refractivity contribution >= 4 is 17.3 Å². The van der Waals surface area contributed by atoms with Crippen LogP contribution in [0.15, 0.2) is 60.8 Å². The molecular weight excluding hydrogens is 314 g/mol. The first-order chi connectivity index (χ1) is 12.1. The zero-order chi connectivity index (χ0) is 18.1. The van der Waals surface area contributed by atoms with Crippen molar-refractivity contribution < 1.29 is 14.3 Å². The molecule has 0 heterocycles.